The molecule has 0 unspecified atom stereocenters. The summed E-state index contributed by atoms with van der Waals surface area (Å²) in [4.78, 5) is 11.8. The molecule has 0 aliphatic heterocycles. The third kappa shape index (κ3) is 4.61. The molecule has 4 nitrogen and oxygen atoms in total. The summed E-state index contributed by atoms with van der Waals surface area (Å²) in [6, 6.07) is 26.3. The van der Waals surface area contributed by atoms with E-state index < -0.39 is 11.9 Å². The van der Waals surface area contributed by atoms with Crippen molar-refractivity contribution in [3.05, 3.63) is 96.1 Å². The minimum atomic E-state index is -0.572. The third-order valence-electron chi connectivity index (χ3n) is 3.83. The lowest BCUT2D eigenvalue weighted by Crippen LogP contribution is -2.27. The summed E-state index contributed by atoms with van der Waals surface area (Å²) in [5, 5.41) is 3.17. The maximum Gasteiger partial charge on any atom is 0.244 e. The summed E-state index contributed by atoms with van der Waals surface area (Å²) in [6.45, 7) is 0.515. The third-order valence-corrected chi connectivity index (χ3v) is 3.83. The number of hydrogen-bond donors (Lipinski definition) is 2. The van der Waals surface area contributed by atoms with Crippen molar-refractivity contribution in [2.24, 2.45) is 5.73 Å². The van der Waals surface area contributed by atoms with Gasteiger partial charge in [-0.3, -0.25) is 4.79 Å². The summed E-state index contributed by atoms with van der Waals surface area (Å²) in [6.07, 6.45) is 0. The lowest BCUT2D eigenvalue weighted by Gasteiger charge is -2.17. The second-order valence-corrected chi connectivity index (χ2v) is 5.69. The van der Waals surface area contributed by atoms with Gasteiger partial charge in [0.1, 0.15) is 18.4 Å². The Morgan fingerprint density at radius 1 is 0.880 bits per heavy atom. The lowest BCUT2D eigenvalue weighted by molar-refractivity contribution is -0.118. The Hall–Kier alpha value is -3.27. The van der Waals surface area contributed by atoms with Crippen molar-refractivity contribution in [1.82, 2.24) is 0 Å². The number of primary amides is 1. The number of hydrogen-bond acceptors (Lipinski definition) is 3. The van der Waals surface area contributed by atoms with Gasteiger partial charge in [-0.15, -0.1) is 0 Å². The molecule has 3 aromatic rings. The van der Waals surface area contributed by atoms with E-state index in [4.69, 9.17) is 10.5 Å². The summed E-state index contributed by atoms with van der Waals surface area (Å²) in [5.41, 5.74) is 8.28. The van der Waals surface area contributed by atoms with Crippen LogP contribution in [0.4, 0.5) is 5.69 Å². The molecule has 0 saturated heterocycles. The van der Waals surface area contributed by atoms with Gasteiger partial charge >= 0.3 is 0 Å². The van der Waals surface area contributed by atoms with Crippen LogP contribution in [0.15, 0.2) is 84.9 Å². The predicted octanol–water partition coefficient (Wildman–Crippen LogP) is 3.90. The van der Waals surface area contributed by atoms with E-state index in [9.17, 15) is 4.79 Å². The number of nitrogens with two attached hydrogens (primary N) is 1. The van der Waals surface area contributed by atoms with Crippen LogP contribution in [0.2, 0.25) is 0 Å². The fraction of sp³-hybridized carbons (Fsp3) is 0.0952. The second kappa shape index (κ2) is 8.02. The smallest absolute Gasteiger partial charge is 0.244 e. The first-order valence-electron chi connectivity index (χ1n) is 8.10. The van der Waals surface area contributed by atoms with Crippen LogP contribution in [0.3, 0.4) is 0 Å². The molecule has 0 aliphatic carbocycles. The van der Waals surface area contributed by atoms with Gasteiger partial charge in [-0.05, 0) is 35.4 Å². The quantitative estimate of drug-likeness (QED) is 0.689. The van der Waals surface area contributed by atoms with Crippen LogP contribution in [0, 0.1) is 0 Å². The molecule has 25 heavy (non-hydrogen) atoms. The van der Waals surface area contributed by atoms with Gasteiger partial charge in [0.15, 0.2) is 0 Å². The van der Waals surface area contributed by atoms with E-state index >= 15 is 0 Å². The topological polar surface area (TPSA) is 64.4 Å². The number of nitrogens with one attached hydrogen (secondary N) is 1. The minimum Gasteiger partial charge on any atom is -0.489 e. The molecule has 0 saturated carbocycles. The standard InChI is InChI=1S/C21H20N2O2/c22-21(24)20(17-9-5-2-6-10-17)23-18-11-13-19(14-12-18)25-15-16-7-3-1-4-8-16/h1-14,20,23H,15H2,(H2,22,24)/t20-/m1/s1. The molecular formula is C21H20N2O2. The Morgan fingerprint density at radius 2 is 1.48 bits per heavy atom. The maximum atomic E-state index is 11.8. The molecular weight excluding hydrogens is 312 g/mol. The average Bonchev–Trinajstić information content (AvgIpc) is 2.66. The molecule has 3 rings (SSSR count). The van der Waals surface area contributed by atoms with Crippen LogP contribution in [-0.2, 0) is 11.4 Å². The number of anilines is 1. The Labute approximate surface area is 147 Å². The van der Waals surface area contributed by atoms with Gasteiger partial charge in [0.05, 0.1) is 0 Å². The zero-order valence-corrected chi connectivity index (χ0v) is 13.8. The second-order valence-electron chi connectivity index (χ2n) is 5.69. The van der Waals surface area contributed by atoms with E-state index in [1.165, 1.54) is 0 Å². The monoisotopic (exact) mass is 332 g/mol. The highest BCUT2D eigenvalue weighted by Crippen LogP contribution is 2.22. The number of amides is 1. The lowest BCUT2D eigenvalue weighted by atomic mass is 10.1. The van der Waals surface area contributed by atoms with Crippen LogP contribution in [-0.4, -0.2) is 5.91 Å². The van der Waals surface area contributed by atoms with Gasteiger partial charge in [0, 0.05) is 5.69 Å². The van der Waals surface area contributed by atoms with Gasteiger partial charge in [0.2, 0.25) is 5.91 Å². The first kappa shape index (κ1) is 16.6. The minimum absolute atomic E-state index is 0.421. The number of carbonyl (C=O) groups is 1. The van der Waals surface area contributed by atoms with Gasteiger partial charge in [-0.2, -0.15) is 0 Å². The van der Waals surface area contributed by atoms with Crippen LogP contribution in [0.5, 0.6) is 5.75 Å². The zero-order valence-electron chi connectivity index (χ0n) is 13.8. The van der Waals surface area contributed by atoms with Crippen molar-refractivity contribution >= 4 is 11.6 Å². The molecule has 3 N–H and O–H groups in total. The molecule has 0 heterocycles. The number of rotatable bonds is 7. The van der Waals surface area contributed by atoms with E-state index in [0.717, 1.165) is 22.6 Å². The van der Waals surface area contributed by atoms with Crippen molar-refractivity contribution in [2.75, 3.05) is 5.32 Å². The Morgan fingerprint density at radius 3 is 2.08 bits per heavy atom. The van der Waals surface area contributed by atoms with Gasteiger partial charge < -0.3 is 15.8 Å². The first-order chi connectivity index (χ1) is 12.2. The molecule has 0 spiro atoms. The number of benzene rings is 3. The maximum absolute atomic E-state index is 11.8. The molecule has 0 fully saturated rings. The highest BCUT2D eigenvalue weighted by molar-refractivity contribution is 5.84. The molecule has 3 aromatic carbocycles. The molecule has 1 amide bonds. The van der Waals surface area contributed by atoms with Crippen molar-refractivity contribution in [3.8, 4) is 5.75 Å². The highest BCUT2D eigenvalue weighted by Gasteiger charge is 2.17. The highest BCUT2D eigenvalue weighted by atomic mass is 16.5. The largest absolute Gasteiger partial charge is 0.489 e. The zero-order chi connectivity index (χ0) is 17.5. The van der Waals surface area contributed by atoms with Crippen molar-refractivity contribution < 1.29 is 9.53 Å². The van der Waals surface area contributed by atoms with E-state index in [1.54, 1.807) is 0 Å². The first-order valence-corrected chi connectivity index (χ1v) is 8.10. The average molecular weight is 332 g/mol. The van der Waals surface area contributed by atoms with Gasteiger partial charge in [-0.1, -0.05) is 60.7 Å². The van der Waals surface area contributed by atoms with Crippen LogP contribution in [0.25, 0.3) is 0 Å². The molecule has 126 valence electrons. The molecule has 0 radical (unpaired) electrons. The van der Waals surface area contributed by atoms with Crippen molar-refractivity contribution in [2.45, 2.75) is 12.6 Å². The predicted molar refractivity (Wildman–Crippen MR) is 99.2 cm³/mol. The van der Waals surface area contributed by atoms with Crippen LogP contribution < -0.4 is 15.8 Å². The molecule has 4 heteroatoms. The van der Waals surface area contributed by atoms with Gasteiger partial charge in [-0.25, -0.2) is 0 Å². The van der Waals surface area contributed by atoms with Crippen LogP contribution >= 0.6 is 0 Å². The molecule has 0 bridgehead atoms. The summed E-state index contributed by atoms with van der Waals surface area (Å²) in [7, 11) is 0. The molecule has 0 aliphatic rings. The number of ether oxygens (including phenoxy) is 1. The fourth-order valence-corrected chi connectivity index (χ4v) is 2.52. The Balaban J connectivity index is 1.64. The normalized spacial score (nSPS) is 11.5. The van der Waals surface area contributed by atoms with E-state index in [-0.39, 0.29) is 0 Å². The van der Waals surface area contributed by atoms with Crippen molar-refractivity contribution in [3.63, 3.8) is 0 Å². The van der Waals surface area contributed by atoms with Gasteiger partial charge in [0.25, 0.3) is 0 Å². The summed E-state index contributed by atoms with van der Waals surface area (Å²) in [5.74, 6) is 0.348. The van der Waals surface area contributed by atoms with Crippen LogP contribution in [0.1, 0.15) is 17.2 Å². The fourth-order valence-electron chi connectivity index (χ4n) is 2.52. The summed E-state index contributed by atoms with van der Waals surface area (Å²) < 4.78 is 5.76. The Bertz CT molecular complexity index is 802. The summed E-state index contributed by atoms with van der Waals surface area (Å²) >= 11 is 0. The van der Waals surface area contributed by atoms with E-state index in [0.29, 0.717) is 6.61 Å². The van der Waals surface area contributed by atoms with E-state index in [2.05, 4.69) is 5.32 Å². The number of carbonyl (C=O) groups excluding carboxylic acids is 1. The molecule has 1 atom stereocenters. The Kier molecular flexibility index (Phi) is 5.32. The molecule has 0 aromatic heterocycles. The van der Waals surface area contributed by atoms with E-state index in [1.807, 2.05) is 84.9 Å². The SMILES string of the molecule is NC(=O)[C@H](Nc1ccc(OCc2ccccc2)cc1)c1ccccc1. The van der Waals surface area contributed by atoms with Crippen molar-refractivity contribution in [1.29, 1.82) is 0 Å².